The molecular weight excluding hydrogens is 720 g/mol. The number of hydrogen-bond acceptors (Lipinski definition) is 15. The molecule has 15 heteroatoms. The van der Waals surface area contributed by atoms with Gasteiger partial charge in [0.05, 0.1) is 55.9 Å². The van der Waals surface area contributed by atoms with Crippen molar-refractivity contribution >= 4 is 0 Å². The van der Waals surface area contributed by atoms with Gasteiger partial charge in [0.2, 0.25) is 0 Å². The SMILES string of the molecule is CO[C@@H]1[C@@H](O)[C@H](OCC[C@H](CC[C@@H](C)[C@H]2[C@@H](O)[C@@H](O)[C@@H]3[C@]2(C)CCC2[C@@]4(C)CC[C@H](O)[C@H](O)C4[C@@H](O)C[C@]23O)C(C)C)OC[C@H]1O[C@@H]1OC[C@H](O)[C@H](O)[C@H]1O. The molecule has 6 aliphatic rings. The predicted octanol–water partition coefficient (Wildman–Crippen LogP) is -0.344. The molecule has 6 rings (SSSR count). The summed E-state index contributed by atoms with van der Waals surface area (Å²) in [6.07, 6.45) is -10.2. The molecule has 2 saturated heterocycles. The summed E-state index contributed by atoms with van der Waals surface area (Å²) in [5.74, 6) is -1.29. The first-order valence-corrected chi connectivity index (χ1v) is 20.7. The van der Waals surface area contributed by atoms with Gasteiger partial charge >= 0.3 is 0 Å². The highest BCUT2D eigenvalue weighted by Crippen LogP contribution is 2.70. The van der Waals surface area contributed by atoms with Crippen molar-refractivity contribution in [2.24, 2.45) is 52.3 Å². The average Bonchev–Trinajstić information content (AvgIpc) is 3.33. The van der Waals surface area contributed by atoms with E-state index in [1.54, 1.807) is 0 Å². The van der Waals surface area contributed by atoms with Crippen LogP contribution in [0.3, 0.4) is 0 Å². The third-order valence-corrected chi connectivity index (χ3v) is 15.7. The van der Waals surface area contributed by atoms with Gasteiger partial charge in [0.25, 0.3) is 0 Å². The second kappa shape index (κ2) is 16.8. The summed E-state index contributed by atoms with van der Waals surface area (Å²) >= 11 is 0. The van der Waals surface area contributed by atoms with Crippen LogP contribution in [0.5, 0.6) is 0 Å². The Bertz CT molecular complexity index is 1280. The fourth-order valence-electron chi connectivity index (χ4n) is 12.8. The van der Waals surface area contributed by atoms with E-state index >= 15 is 0 Å². The Hall–Kier alpha value is -0.600. The summed E-state index contributed by atoms with van der Waals surface area (Å²) in [6, 6.07) is 0. The van der Waals surface area contributed by atoms with Crippen molar-refractivity contribution < 1.29 is 74.7 Å². The number of fused-ring (bicyclic) bond motifs is 5. The van der Waals surface area contributed by atoms with Crippen LogP contribution in [-0.4, -0.2) is 163 Å². The van der Waals surface area contributed by atoms with Crippen LogP contribution in [0, 0.1) is 52.3 Å². The molecule has 0 aromatic rings. The number of methoxy groups -OCH3 is 1. The Morgan fingerprint density at radius 3 is 2.04 bits per heavy atom. The van der Waals surface area contributed by atoms with Gasteiger partial charge in [-0.3, -0.25) is 0 Å². The fourth-order valence-corrected chi connectivity index (χ4v) is 12.8. The molecule has 2 aliphatic heterocycles. The molecule has 2 unspecified atom stereocenters. The highest BCUT2D eigenvalue weighted by molar-refractivity contribution is 5.22. The summed E-state index contributed by atoms with van der Waals surface area (Å²) in [6.45, 7) is 10.5. The van der Waals surface area contributed by atoms with Gasteiger partial charge in [0.1, 0.15) is 36.6 Å². The average molecular weight is 791 g/mol. The second-order valence-electron chi connectivity index (χ2n) is 19.0. The number of aliphatic hydroxyl groups is 10. The third kappa shape index (κ3) is 7.70. The molecule has 320 valence electrons. The van der Waals surface area contributed by atoms with E-state index in [0.29, 0.717) is 44.6 Å². The Morgan fingerprint density at radius 1 is 0.691 bits per heavy atom. The van der Waals surface area contributed by atoms with Crippen molar-refractivity contribution in [3.8, 4) is 0 Å². The molecule has 0 aromatic carbocycles. The van der Waals surface area contributed by atoms with Gasteiger partial charge in [-0.1, -0.05) is 41.0 Å². The smallest absolute Gasteiger partial charge is 0.186 e. The zero-order valence-corrected chi connectivity index (χ0v) is 33.3. The summed E-state index contributed by atoms with van der Waals surface area (Å²) in [5.41, 5.74) is -2.66. The van der Waals surface area contributed by atoms with Crippen molar-refractivity contribution in [1.82, 2.24) is 0 Å². The Kier molecular flexibility index (Phi) is 13.4. The van der Waals surface area contributed by atoms with Gasteiger partial charge < -0.3 is 74.7 Å². The number of aliphatic hydroxyl groups excluding tert-OH is 9. The van der Waals surface area contributed by atoms with Gasteiger partial charge in [-0.15, -0.1) is 0 Å². The van der Waals surface area contributed by atoms with E-state index in [4.69, 9.17) is 23.7 Å². The number of ether oxygens (including phenoxy) is 5. The lowest BCUT2D eigenvalue weighted by Crippen LogP contribution is -2.71. The Morgan fingerprint density at radius 2 is 1.36 bits per heavy atom. The summed E-state index contributed by atoms with van der Waals surface area (Å²) in [4.78, 5) is 0. The van der Waals surface area contributed by atoms with Gasteiger partial charge in [0.15, 0.2) is 12.6 Å². The normalized spacial score (nSPS) is 52.6. The molecule has 0 bridgehead atoms. The molecule has 4 aliphatic carbocycles. The molecule has 0 aromatic heterocycles. The fraction of sp³-hybridized carbons (Fsp3) is 1.00. The van der Waals surface area contributed by atoms with Crippen LogP contribution in [0.15, 0.2) is 0 Å². The highest BCUT2D eigenvalue weighted by atomic mass is 16.7. The summed E-state index contributed by atoms with van der Waals surface area (Å²) in [7, 11) is 1.41. The maximum atomic E-state index is 12.6. The van der Waals surface area contributed by atoms with E-state index in [0.717, 1.165) is 12.8 Å². The minimum atomic E-state index is -1.50. The third-order valence-electron chi connectivity index (χ3n) is 15.7. The van der Waals surface area contributed by atoms with Crippen LogP contribution in [0.1, 0.15) is 86.0 Å². The van der Waals surface area contributed by atoms with Crippen molar-refractivity contribution in [1.29, 1.82) is 0 Å². The summed E-state index contributed by atoms with van der Waals surface area (Å²) in [5, 5.41) is 110. The van der Waals surface area contributed by atoms with E-state index in [1.165, 1.54) is 7.11 Å². The minimum Gasteiger partial charge on any atom is -0.393 e. The van der Waals surface area contributed by atoms with Crippen LogP contribution in [0.25, 0.3) is 0 Å². The largest absolute Gasteiger partial charge is 0.393 e. The molecule has 4 saturated carbocycles. The minimum absolute atomic E-state index is 0.00407. The molecule has 0 radical (unpaired) electrons. The van der Waals surface area contributed by atoms with Crippen LogP contribution in [0.2, 0.25) is 0 Å². The molecule has 2 heterocycles. The first kappa shape index (κ1) is 44.0. The molecule has 15 nitrogen and oxygen atoms in total. The van der Waals surface area contributed by atoms with Crippen LogP contribution in [-0.2, 0) is 23.7 Å². The molecule has 22 atom stereocenters. The van der Waals surface area contributed by atoms with E-state index in [9.17, 15) is 51.1 Å². The van der Waals surface area contributed by atoms with Crippen LogP contribution >= 0.6 is 0 Å². The molecular formula is C40H70O15. The lowest BCUT2D eigenvalue weighted by Gasteiger charge is -2.66. The van der Waals surface area contributed by atoms with Crippen molar-refractivity contribution in [2.45, 2.75) is 171 Å². The first-order chi connectivity index (χ1) is 25.8. The highest BCUT2D eigenvalue weighted by Gasteiger charge is 2.73. The van der Waals surface area contributed by atoms with E-state index < -0.39 is 108 Å². The first-order valence-electron chi connectivity index (χ1n) is 20.7. The predicted molar refractivity (Wildman–Crippen MR) is 195 cm³/mol. The van der Waals surface area contributed by atoms with Crippen LogP contribution in [0.4, 0.5) is 0 Å². The molecule has 6 fully saturated rings. The maximum Gasteiger partial charge on any atom is 0.186 e. The molecule has 55 heavy (non-hydrogen) atoms. The Labute approximate surface area is 324 Å². The van der Waals surface area contributed by atoms with E-state index in [2.05, 4.69) is 27.7 Å². The quantitative estimate of drug-likeness (QED) is 0.122. The second-order valence-corrected chi connectivity index (χ2v) is 19.0. The standard InChI is InChI=1S/C40H70O15/c1-18(2)20(11-14-52-36-33(49)34(51-6)24(17-54-36)55-37-32(48)29(45)23(43)16-53-37)8-7-19(3)26-30(46)31(47)35-39(26,5)13-10-25-38(4)12-9-21(41)28(44)27(38)22(42)15-40(25,35)50/h18-37,41-50H,7-17H2,1-6H3/t19-,20+,21+,22+,23+,24-,25?,26+,27?,28+,29+,30-,31-,32-,33-,34+,35-,36-,37+,38-,39-,40+/m1/s1. The maximum absolute atomic E-state index is 12.6. The monoisotopic (exact) mass is 790 g/mol. The lowest BCUT2D eigenvalue weighted by atomic mass is 9.41. The zero-order valence-electron chi connectivity index (χ0n) is 33.3. The van der Waals surface area contributed by atoms with Gasteiger partial charge in [-0.2, -0.15) is 0 Å². The topological polar surface area (TPSA) is 248 Å². The van der Waals surface area contributed by atoms with Crippen LogP contribution < -0.4 is 0 Å². The lowest BCUT2D eigenvalue weighted by molar-refractivity contribution is -0.331. The van der Waals surface area contributed by atoms with Crippen molar-refractivity contribution in [3.63, 3.8) is 0 Å². The number of rotatable bonds is 12. The van der Waals surface area contributed by atoms with E-state index in [-0.39, 0.29) is 43.3 Å². The van der Waals surface area contributed by atoms with Gasteiger partial charge in [0, 0.05) is 25.4 Å². The van der Waals surface area contributed by atoms with Gasteiger partial charge in [-0.25, -0.2) is 0 Å². The van der Waals surface area contributed by atoms with Crippen molar-refractivity contribution in [3.05, 3.63) is 0 Å². The van der Waals surface area contributed by atoms with Crippen molar-refractivity contribution in [2.75, 3.05) is 26.9 Å². The Balaban J connectivity index is 1.05. The molecule has 10 N–H and O–H groups in total. The number of hydrogen-bond donors (Lipinski definition) is 10. The summed E-state index contributed by atoms with van der Waals surface area (Å²) < 4.78 is 28.5. The molecule has 0 spiro atoms. The van der Waals surface area contributed by atoms with Gasteiger partial charge in [-0.05, 0) is 78.9 Å². The van der Waals surface area contributed by atoms with E-state index in [1.807, 2.05) is 6.92 Å². The zero-order chi connectivity index (χ0) is 40.4. The molecule has 0 amide bonds.